The number of rotatable bonds is 7. The van der Waals surface area contributed by atoms with Crippen LogP contribution in [-0.4, -0.2) is 32.5 Å². The maximum absolute atomic E-state index is 11.7. The van der Waals surface area contributed by atoms with E-state index in [1.165, 1.54) is 7.11 Å². The molecule has 144 valence electrons. The molecular formula is C21H24ClNO4. The lowest BCUT2D eigenvalue weighted by atomic mass is 10.1. The van der Waals surface area contributed by atoms with Gasteiger partial charge in [0.25, 0.3) is 0 Å². The Morgan fingerprint density at radius 1 is 1.26 bits per heavy atom. The molecule has 1 atom stereocenters. The molecule has 2 aromatic carbocycles. The number of aryl methyl sites for hydroxylation is 1. The maximum atomic E-state index is 11.7. The van der Waals surface area contributed by atoms with Gasteiger partial charge in [-0.1, -0.05) is 24.6 Å². The zero-order valence-electron chi connectivity index (χ0n) is 16.2. The Morgan fingerprint density at radius 3 is 2.63 bits per heavy atom. The van der Waals surface area contributed by atoms with Crippen LogP contribution in [0.3, 0.4) is 0 Å². The highest BCUT2D eigenvalue weighted by molar-refractivity contribution is 6.32. The standard InChI is InChI=1S/C21H24ClNO4/c1-6-14(3)27-20-17(22)9-15(10-19(20)25-4)12-23-18-11-16(21(24)26-5)8-7-13(18)2/h7-12,14H,6H2,1-5H3/t14-/m0/s1. The van der Waals surface area contributed by atoms with E-state index in [2.05, 4.69) is 4.99 Å². The van der Waals surface area contributed by atoms with Crippen LogP contribution in [0.2, 0.25) is 5.02 Å². The summed E-state index contributed by atoms with van der Waals surface area (Å²) in [5.74, 6) is 0.668. The van der Waals surface area contributed by atoms with E-state index in [1.807, 2.05) is 32.9 Å². The number of carbonyl (C=O) groups is 1. The predicted molar refractivity (Wildman–Crippen MR) is 108 cm³/mol. The summed E-state index contributed by atoms with van der Waals surface area (Å²) in [6.07, 6.45) is 2.56. The van der Waals surface area contributed by atoms with E-state index < -0.39 is 5.97 Å². The number of aliphatic imine (C=N–C) groups is 1. The van der Waals surface area contributed by atoms with Crippen molar-refractivity contribution in [1.29, 1.82) is 0 Å². The highest BCUT2D eigenvalue weighted by atomic mass is 35.5. The van der Waals surface area contributed by atoms with Crippen molar-refractivity contribution in [3.8, 4) is 11.5 Å². The summed E-state index contributed by atoms with van der Waals surface area (Å²) in [6, 6.07) is 8.81. The fourth-order valence-corrected chi connectivity index (χ4v) is 2.61. The molecule has 5 nitrogen and oxygen atoms in total. The van der Waals surface area contributed by atoms with E-state index in [0.29, 0.717) is 27.8 Å². The average molecular weight is 390 g/mol. The van der Waals surface area contributed by atoms with E-state index >= 15 is 0 Å². The molecule has 0 amide bonds. The van der Waals surface area contributed by atoms with Crippen molar-refractivity contribution in [2.24, 2.45) is 4.99 Å². The van der Waals surface area contributed by atoms with Gasteiger partial charge in [-0.3, -0.25) is 4.99 Å². The Labute approximate surface area is 164 Å². The minimum Gasteiger partial charge on any atom is -0.493 e. The first kappa shape index (κ1) is 20.8. The molecule has 0 radical (unpaired) electrons. The largest absolute Gasteiger partial charge is 0.493 e. The fourth-order valence-electron chi connectivity index (χ4n) is 2.35. The lowest BCUT2D eigenvalue weighted by Gasteiger charge is -2.17. The van der Waals surface area contributed by atoms with E-state index in [9.17, 15) is 4.79 Å². The lowest BCUT2D eigenvalue weighted by molar-refractivity contribution is 0.0601. The predicted octanol–water partition coefficient (Wildman–Crippen LogP) is 5.37. The molecule has 0 spiro atoms. The third-order valence-corrected chi connectivity index (χ3v) is 4.41. The molecule has 6 heteroatoms. The van der Waals surface area contributed by atoms with Crippen LogP contribution in [0.1, 0.15) is 41.8 Å². The number of halogens is 1. The summed E-state index contributed by atoms with van der Waals surface area (Å²) in [5.41, 5.74) is 2.82. The highest BCUT2D eigenvalue weighted by Crippen LogP contribution is 2.37. The van der Waals surface area contributed by atoms with Crippen LogP contribution in [0.5, 0.6) is 11.5 Å². The Hall–Kier alpha value is -2.53. The molecule has 0 N–H and O–H groups in total. The number of carbonyl (C=O) groups excluding carboxylic acids is 1. The van der Waals surface area contributed by atoms with E-state index in [1.54, 1.807) is 31.5 Å². The summed E-state index contributed by atoms with van der Waals surface area (Å²) >= 11 is 6.39. The van der Waals surface area contributed by atoms with Gasteiger partial charge >= 0.3 is 5.97 Å². The number of hydrogen-bond acceptors (Lipinski definition) is 5. The Bertz CT molecular complexity index is 848. The minimum atomic E-state index is -0.400. The van der Waals surface area contributed by atoms with E-state index in [0.717, 1.165) is 17.5 Å². The smallest absolute Gasteiger partial charge is 0.337 e. The van der Waals surface area contributed by atoms with Crippen molar-refractivity contribution in [2.45, 2.75) is 33.3 Å². The summed E-state index contributed by atoms with van der Waals surface area (Å²) in [4.78, 5) is 16.2. The first-order valence-corrected chi connectivity index (χ1v) is 9.04. The molecular weight excluding hydrogens is 366 g/mol. The summed E-state index contributed by atoms with van der Waals surface area (Å²) in [5, 5.41) is 0.455. The van der Waals surface area contributed by atoms with Crippen molar-refractivity contribution in [3.63, 3.8) is 0 Å². The van der Waals surface area contributed by atoms with Gasteiger partial charge in [-0.05, 0) is 55.7 Å². The van der Waals surface area contributed by atoms with Gasteiger partial charge in [-0.25, -0.2) is 4.79 Å². The van der Waals surface area contributed by atoms with Crippen LogP contribution in [-0.2, 0) is 4.74 Å². The highest BCUT2D eigenvalue weighted by Gasteiger charge is 2.14. The molecule has 0 bridgehead atoms. The zero-order chi connectivity index (χ0) is 20.0. The Kier molecular flexibility index (Phi) is 7.25. The Morgan fingerprint density at radius 2 is 2.00 bits per heavy atom. The number of hydrogen-bond donors (Lipinski definition) is 0. The molecule has 0 aliphatic heterocycles. The molecule has 0 saturated heterocycles. The van der Waals surface area contributed by atoms with Gasteiger partial charge in [-0.2, -0.15) is 0 Å². The van der Waals surface area contributed by atoms with Crippen LogP contribution < -0.4 is 9.47 Å². The van der Waals surface area contributed by atoms with Crippen LogP contribution in [0, 0.1) is 6.92 Å². The number of esters is 1. The molecule has 27 heavy (non-hydrogen) atoms. The fraction of sp³-hybridized carbons (Fsp3) is 0.333. The summed E-state index contributed by atoms with van der Waals surface area (Å²) in [7, 11) is 2.92. The molecule has 0 aliphatic carbocycles. The number of benzene rings is 2. The SMILES string of the molecule is CC[C@H](C)Oc1c(Cl)cc(C=Nc2cc(C(=O)OC)ccc2C)cc1OC. The molecule has 0 aliphatic rings. The van der Waals surface area contributed by atoms with Gasteiger partial charge in [-0.15, -0.1) is 0 Å². The van der Waals surface area contributed by atoms with Crippen LogP contribution in [0.4, 0.5) is 5.69 Å². The zero-order valence-corrected chi connectivity index (χ0v) is 17.0. The second-order valence-corrected chi connectivity index (χ2v) is 6.53. The quantitative estimate of drug-likeness (QED) is 0.471. The Balaban J connectivity index is 2.34. The maximum Gasteiger partial charge on any atom is 0.337 e. The average Bonchev–Trinajstić information content (AvgIpc) is 2.68. The molecule has 0 heterocycles. The van der Waals surface area contributed by atoms with Gasteiger partial charge in [0, 0.05) is 6.21 Å². The molecule has 2 aromatic rings. The summed E-state index contributed by atoms with van der Waals surface area (Å²) < 4.78 is 16.0. The second-order valence-electron chi connectivity index (χ2n) is 6.12. The van der Waals surface area contributed by atoms with Gasteiger partial charge in [0.1, 0.15) is 0 Å². The van der Waals surface area contributed by atoms with Crippen molar-refractivity contribution in [1.82, 2.24) is 0 Å². The first-order chi connectivity index (χ1) is 12.9. The molecule has 2 rings (SSSR count). The van der Waals surface area contributed by atoms with Crippen LogP contribution in [0.25, 0.3) is 0 Å². The van der Waals surface area contributed by atoms with Gasteiger partial charge < -0.3 is 14.2 Å². The van der Waals surface area contributed by atoms with E-state index in [4.69, 9.17) is 25.8 Å². The number of ether oxygens (including phenoxy) is 3. The van der Waals surface area contributed by atoms with Crippen LogP contribution >= 0.6 is 11.6 Å². The third kappa shape index (κ3) is 5.23. The van der Waals surface area contributed by atoms with Crippen LogP contribution in [0.15, 0.2) is 35.3 Å². The van der Waals surface area contributed by atoms with Crippen molar-refractivity contribution < 1.29 is 19.0 Å². The first-order valence-electron chi connectivity index (χ1n) is 8.66. The normalized spacial score (nSPS) is 12.1. The van der Waals surface area contributed by atoms with Gasteiger partial charge in [0.05, 0.1) is 36.6 Å². The van der Waals surface area contributed by atoms with Crippen molar-refractivity contribution in [3.05, 3.63) is 52.0 Å². The number of nitrogens with zero attached hydrogens (tertiary/aromatic N) is 1. The molecule has 0 aromatic heterocycles. The number of methoxy groups -OCH3 is 2. The molecule has 0 unspecified atom stereocenters. The monoisotopic (exact) mass is 389 g/mol. The molecule has 0 saturated carbocycles. The van der Waals surface area contributed by atoms with Gasteiger partial charge in [0.2, 0.25) is 0 Å². The van der Waals surface area contributed by atoms with Crippen molar-refractivity contribution in [2.75, 3.05) is 14.2 Å². The summed E-state index contributed by atoms with van der Waals surface area (Å²) in [6.45, 7) is 5.93. The third-order valence-electron chi connectivity index (χ3n) is 4.13. The van der Waals surface area contributed by atoms with Crippen molar-refractivity contribution >= 4 is 29.5 Å². The minimum absolute atomic E-state index is 0.0274. The van der Waals surface area contributed by atoms with Gasteiger partial charge in [0.15, 0.2) is 11.5 Å². The molecule has 0 fully saturated rings. The van der Waals surface area contributed by atoms with E-state index in [-0.39, 0.29) is 6.10 Å². The second kappa shape index (κ2) is 9.42. The topological polar surface area (TPSA) is 57.1 Å². The lowest BCUT2D eigenvalue weighted by Crippen LogP contribution is -2.11.